The topological polar surface area (TPSA) is 66.5 Å². The van der Waals surface area contributed by atoms with Gasteiger partial charge in [0.1, 0.15) is 5.75 Å². The summed E-state index contributed by atoms with van der Waals surface area (Å²) < 4.78 is 21.6. The quantitative estimate of drug-likeness (QED) is 0.608. The molecule has 0 aromatic carbocycles. The molecule has 6 heteroatoms. The smallest absolute Gasteiger partial charge is 0.237 e. The summed E-state index contributed by atoms with van der Waals surface area (Å²) in [5.41, 5.74) is 0. The van der Waals surface area contributed by atoms with Gasteiger partial charge >= 0.3 is 0 Å². The van der Waals surface area contributed by atoms with Crippen LogP contribution < -0.4 is 5.32 Å². The molecule has 0 aromatic heterocycles. The van der Waals surface area contributed by atoms with Gasteiger partial charge in [-0.3, -0.25) is 4.79 Å². The molecule has 1 rings (SSSR count). The van der Waals surface area contributed by atoms with Crippen LogP contribution in [0.5, 0.6) is 0 Å². The molecule has 0 aliphatic carbocycles. The van der Waals surface area contributed by atoms with E-state index in [0.29, 0.717) is 0 Å². The lowest BCUT2D eigenvalue weighted by molar-refractivity contribution is -0.130. The monoisotopic (exact) mass is 206 g/mol. The molecule has 5 nitrogen and oxygen atoms in total. The lowest BCUT2D eigenvalue weighted by atomic mass is 10.1. The van der Waals surface area contributed by atoms with Crippen molar-refractivity contribution in [2.45, 2.75) is 6.04 Å². The van der Waals surface area contributed by atoms with Gasteiger partial charge in [0.25, 0.3) is 0 Å². The first-order valence-electron chi connectivity index (χ1n) is 4.04. The van der Waals surface area contributed by atoms with E-state index in [0.717, 1.165) is 19.3 Å². The average Bonchev–Trinajstić information content (AvgIpc) is 1.78. The van der Waals surface area contributed by atoms with E-state index in [1.807, 2.05) is 0 Å². The molecular weight excluding hydrogens is 192 g/mol. The highest BCUT2D eigenvalue weighted by Gasteiger charge is 2.26. The third-order valence-corrected chi connectivity index (χ3v) is 2.86. The van der Waals surface area contributed by atoms with Crippen LogP contribution in [0.25, 0.3) is 0 Å². The normalized spacial score (nSPS) is 18.0. The fraction of sp³-hybridized carbons (Fsp3) is 0.857. The molecule has 76 valence electrons. The Bertz CT molecular complexity index is 295. The van der Waals surface area contributed by atoms with Crippen LogP contribution in [0, 0.1) is 0 Å². The van der Waals surface area contributed by atoms with E-state index in [1.54, 1.807) is 7.05 Å². The summed E-state index contributed by atoms with van der Waals surface area (Å²) in [4.78, 5) is 12.8. The summed E-state index contributed by atoms with van der Waals surface area (Å²) in [6, 6.07) is 0.161. The third-order valence-electron chi connectivity index (χ3n) is 2.09. The van der Waals surface area contributed by atoms with Gasteiger partial charge < -0.3 is 10.2 Å². The summed E-state index contributed by atoms with van der Waals surface area (Å²) >= 11 is 0. The maximum atomic E-state index is 11.3. The van der Waals surface area contributed by atoms with Gasteiger partial charge in [0.05, 0.1) is 6.04 Å². The molecule has 1 heterocycles. The second-order valence-electron chi connectivity index (χ2n) is 3.39. The number of nitrogens with one attached hydrogen (secondary N) is 1. The molecule has 0 radical (unpaired) electrons. The minimum atomic E-state index is -3.20. The molecule has 1 aliphatic heterocycles. The molecule has 0 spiro atoms. The highest BCUT2D eigenvalue weighted by molar-refractivity contribution is 7.91. The molecule has 0 atom stereocenters. The number of hydrogen-bond donors (Lipinski definition) is 1. The van der Waals surface area contributed by atoms with Crippen molar-refractivity contribution < 1.29 is 13.2 Å². The summed E-state index contributed by atoms with van der Waals surface area (Å²) in [5, 5.41) is 3.02. The number of sulfone groups is 1. The average molecular weight is 206 g/mol. The van der Waals surface area contributed by atoms with Gasteiger partial charge in [0.15, 0.2) is 9.84 Å². The Labute approximate surface area is 78.0 Å². The second-order valence-corrected chi connectivity index (χ2v) is 5.53. The summed E-state index contributed by atoms with van der Waals surface area (Å²) in [6.07, 6.45) is 1.07. The van der Waals surface area contributed by atoms with E-state index < -0.39 is 9.84 Å². The van der Waals surface area contributed by atoms with Crippen LogP contribution in [0.15, 0.2) is 0 Å². The van der Waals surface area contributed by atoms with Gasteiger partial charge in [-0.25, -0.2) is 8.42 Å². The fourth-order valence-electron chi connectivity index (χ4n) is 1.08. The third kappa shape index (κ3) is 2.96. The van der Waals surface area contributed by atoms with Crippen molar-refractivity contribution in [2.75, 3.05) is 32.1 Å². The Balaban J connectivity index is 2.47. The predicted molar refractivity (Wildman–Crippen MR) is 49.1 cm³/mol. The maximum Gasteiger partial charge on any atom is 0.237 e. The van der Waals surface area contributed by atoms with E-state index in [2.05, 4.69) is 5.32 Å². The number of carbonyl (C=O) groups excluding carboxylic acids is 1. The zero-order valence-corrected chi connectivity index (χ0v) is 8.60. The van der Waals surface area contributed by atoms with Crippen molar-refractivity contribution >= 4 is 15.7 Å². The first kappa shape index (κ1) is 10.5. The van der Waals surface area contributed by atoms with Crippen molar-refractivity contribution in [1.82, 2.24) is 10.2 Å². The molecular formula is C7H14N2O3S. The van der Waals surface area contributed by atoms with Crippen LogP contribution in [0.2, 0.25) is 0 Å². The van der Waals surface area contributed by atoms with Crippen molar-refractivity contribution in [1.29, 1.82) is 0 Å². The van der Waals surface area contributed by atoms with Gasteiger partial charge in [0.2, 0.25) is 5.91 Å². The van der Waals surface area contributed by atoms with Crippen molar-refractivity contribution in [3.63, 3.8) is 0 Å². The van der Waals surface area contributed by atoms with Gasteiger partial charge in [-0.2, -0.15) is 0 Å². The molecule has 1 fully saturated rings. The number of amides is 1. The summed E-state index contributed by atoms with van der Waals surface area (Å²) in [6.45, 7) is 1.51. The van der Waals surface area contributed by atoms with Crippen molar-refractivity contribution in [3.05, 3.63) is 0 Å². The first-order valence-corrected chi connectivity index (χ1v) is 6.10. The van der Waals surface area contributed by atoms with E-state index in [4.69, 9.17) is 0 Å². The molecule has 1 amide bonds. The molecule has 0 bridgehead atoms. The minimum absolute atomic E-state index is 0.161. The van der Waals surface area contributed by atoms with Crippen molar-refractivity contribution in [3.8, 4) is 0 Å². The molecule has 0 aromatic rings. The van der Waals surface area contributed by atoms with E-state index in [9.17, 15) is 13.2 Å². The Kier molecular flexibility index (Phi) is 2.92. The van der Waals surface area contributed by atoms with Gasteiger partial charge in [-0.1, -0.05) is 0 Å². The van der Waals surface area contributed by atoms with Gasteiger partial charge in [0, 0.05) is 26.4 Å². The minimum Gasteiger partial charge on any atom is -0.339 e. The van der Waals surface area contributed by atoms with E-state index in [1.165, 1.54) is 4.90 Å². The molecule has 1 N–H and O–H groups in total. The fourth-order valence-corrected chi connectivity index (χ4v) is 1.73. The molecule has 0 unspecified atom stereocenters. The van der Waals surface area contributed by atoms with Crippen molar-refractivity contribution in [2.24, 2.45) is 0 Å². The molecule has 1 saturated heterocycles. The second kappa shape index (κ2) is 3.63. The van der Waals surface area contributed by atoms with Crippen LogP contribution in [0.3, 0.4) is 0 Å². The van der Waals surface area contributed by atoms with E-state index >= 15 is 0 Å². The predicted octanol–water partition coefficient (Wildman–Crippen LogP) is -1.54. The number of hydrogen-bond acceptors (Lipinski definition) is 4. The number of rotatable bonds is 3. The standard InChI is InChI=1S/C7H14N2O3S/c1-9(6-3-8-4-6)7(10)5-13(2,11)12/h6,8H,3-5H2,1-2H3. The summed E-state index contributed by atoms with van der Waals surface area (Å²) in [5.74, 6) is -0.714. The Morgan fingerprint density at radius 1 is 1.54 bits per heavy atom. The zero-order chi connectivity index (χ0) is 10.1. The molecule has 1 aliphatic rings. The highest BCUT2D eigenvalue weighted by Crippen LogP contribution is 2.03. The Morgan fingerprint density at radius 2 is 2.08 bits per heavy atom. The molecule has 0 saturated carbocycles. The van der Waals surface area contributed by atoms with Crippen LogP contribution >= 0.6 is 0 Å². The van der Waals surface area contributed by atoms with Crippen LogP contribution in [0.4, 0.5) is 0 Å². The number of carbonyl (C=O) groups is 1. The van der Waals surface area contributed by atoms with Crippen LogP contribution in [-0.4, -0.2) is 57.4 Å². The SMILES string of the molecule is CN(C(=O)CS(C)(=O)=O)C1CNC1. The zero-order valence-electron chi connectivity index (χ0n) is 7.78. The first-order chi connectivity index (χ1) is 5.90. The van der Waals surface area contributed by atoms with Gasteiger partial charge in [-0.15, -0.1) is 0 Å². The number of nitrogens with zero attached hydrogens (tertiary/aromatic N) is 1. The maximum absolute atomic E-state index is 11.3. The Hall–Kier alpha value is -0.620. The highest BCUT2D eigenvalue weighted by atomic mass is 32.2. The summed E-state index contributed by atoms with van der Waals surface area (Å²) in [7, 11) is -1.56. The largest absolute Gasteiger partial charge is 0.339 e. The Morgan fingerprint density at radius 3 is 2.38 bits per heavy atom. The lowest BCUT2D eigenvalue weighted by Crippen LogP contribution is -2.58. The lowest BCUT2D eigenvalue weighted by Gasteiger charge is -2.35. The van der Waals surface area contributed by atoms with Crippen LogP contribution in [0.1, 0.15) is 0 Å². The molecule has 13 heavy (non-hydrogen) atoms. The number of likely N-dealkylation sites (N-methyl/N-ethyl adjacent to an activating group) is 1. The van der Waals surface area contributed by atoms with Crippen LogP contribution in [-0.2, 0) is 14.6 Å². The van der Waals surface area contributed by atoms with Gasteiger partial charge in [-0.05, 0) is 0 Å². The van der Waals surface area contributed by atoms with E-state index in [-0.39, 0.29) is 17.7 Å².